The molecule has 0 saturated carbocycles. The molecule has 0 radical (unpaired) electrons. The first-order valence-corrected chi connectivity index (χ1v) is 10.9. The van der Waals surface area contributed by atoms with Crippen molar-refractivity contribution in [2.45, 2.75) is 12.8 Å². The third-order valence-electron chi connectivity index (χ3n) is 7.28. The van der Waals surface area contributed by atoms with Gasteiger partial charge >= 0.3 is 0 Å². The lowest BCUT2D eigenvalue weighted by Crippen LogP contribution is -1.93. The van der Waals surface area contributed by atoms with Gasteiger partial charge in [-0.1, -0.05) is 60.7 Å². The molecule has 0 spiro atoms. The van der Waals surface area contributed by atoms with Crippen LogP contribution in [0, 0.1) is 0 Å². The summed E-state index contributed by atoms with van der Waals surface area (Å²) in [6.45, 7) is 0. The quantitative estimate of drug-likeness (QED) is 0.259. The number of benzene rings is 4. The minimum Gasteiger partial charge on any atom is -0.299 e. The number of hydrogen-bond acceptors (Lipinski definition) is 1. The highest BCUT2D eigenvalue weighted by atomic mass is 15.0. The van der Waals surface area contributed by atoms with Gasteiger partial charge in [-0.3, -0.25) is 4.40 Å². The highest BCUT2D eigenvalue weighted by Crippen LogP contribution is 2.48. The monoisotopic (exact) mass is 394 g/mol. The largest absolute Gasteiger partial charge is 0.299 e. The molecule has 0 amide bonds. The summed E-state index contributed by atoms with van der Waals surface area (Å²) in [4.78, 5) is 4.82. The van der Waals surface area contributed by atoms with Gasteiger partial charge in [0.25, 0.3) is 0 Å². The Morgan fingerprint density at radius 1 is 0.645 bits per heavy atom. The number of fused-ring (bicyclic) bond motifs is 13. The van der Waals surface area contributed by atoms with Crippen molar-refractivity contribution in [2.75, 3.05) is 0 Å². The van der Waals surface area contributed by atoms with Gasteiger partial charge in [-0.2, -0.15) is 0 Å². The molecule has 0 atom stereocenters. The van der Waals surface area contributed by atoms with Crippen LogP contribution in [-0.4, -0.2) is 9.38 Å². The van der Waals surface area contributed by atoms with Crippen molar-refractivity contribution in [1.29, 1.82) is 0 Å². The third kappa shape index (κ3) is 1.91. The predicted octanol–water partition coefficient (Wildman–Crippen LogP) is 6.78. The molecule has 2 heteroatoms. The molecule has 0 N–H and O–H groups in total. The third-order valence-corrected chi connectivity index (χ3v) is 7.28. The Kier molecular flexibility index (Phi) is 2.77. The first kappa shape index (κ1) is 15.9. The van der Waals surface area contributed by atoms with Crippen molar-refractivity contribution in [3.63, 3.8) is 0 Å². The fourth-order valence-electron chi connectivity index (χ4n) is 5.97. The molecule has 31 heavy (non-hydrogen) atoms. The summed E-state index contributed by atoms with van der Waals surface area (Å²) in [5.74, 6) is 0. The Bertz CT molecular complexity index is 1740. The van der Waals surface area contributed by atoms with Crippen molar-refractivity contribution in [3.05, 3.63) is 107 Å². The Morgan fingerprint density at radius 3 is 2.48 bits per heavy atom. The van der Waals surface area contributed by atoms with E-state index in [1.54, 1.807) is 0 Å². The molecule has 0 fully saturated rings. The van der Waals surface area contributed by atoms with Crippen LogP contribution in [0.5, 0.6) is 0 Å². The average Bonchev–Trinajstić information content (AvgIpc) is 3.52. The molecule has 2 heterocycles. The van der Waals surface area contributed by atoms with Gasteiger partial charge in [-0.05, 0) is 74.9 Å². The summed E-state index contributed by atoms with van der Waals surface area (Å²) in [6, 6.07) is 27.1. The standard InChI is InChI=1S/C29H18N2/c1-2-6-21-17(5-1)13-19-15-20-14-18-9-10-23-22-7-3-4-8-26(22)31-12-11-30-29(31)28(23)27(18)25(20)16-24(19)21/h1-12,15-16H,13-14H2. The van der Waals surface area contributed by atoms with Gasteiger partial charge in [-0.15, -0.1) is 0 Å². The Labute approximate surface area is 179 Å². The van der Waals surface area contributed by atoms with Crippen LogP contribution in [0.15, 0.2) is 85.2 Å². The Balaban J connectivity index is 1.53. The minimum absolute atomic E-state index is 1.00. The zero-order valence-electron chi connectivity index (χ0n) is 16.9. The van der Waals surface area contributed by atoms with Gasteiger partial charge in [0.05, 0.1) is 5.52 Å². The van der Waals surface area contributed by atoms with Crippen molar-refractivity contribution < 1.29 is 0 Å². The zero-order valence-corrected chi connectivity index (χ0v) is 16.9. The van der Waals surface area contributed by atoms with E-state index >= 15 is 0 Å². The number of aromatic nitrogens is 2. The maximum atomic E-state index is 4.82. The van der Waals surface area contributed by atoms with Crippen LogP contribution in [0.2, 0.25) is 0 Å². The molecule has 4 aromatic carbocycles. The van der Waals surface area contributed by atoms with Gasteiger partial charge in [0.2, 0.25) is 0 Å². The first-order chi connectivity index (χ1) is 15.4. The van der Waals surface area contributed by atoms with Gasteiger partial charge in [0, 0.05) is 23.2 Å². The van der Waals surface area contributed by atoms with E-state index in [1.165, 1.54) is 66.2 Å². The summed E-state index contributed by atoms with van der Waals surface area (Å²) in [7, 11) is 0. The molecule has 0 bridgehead atoms. The van der Waals surface area contributed by atoms with E-state index in [0.29, 0.717) is 0 Å². The maximum absolute atomic E-state index is 4.82. The maximum Gasteiger partial charge on any atom is 0.145 e. The van der Waals surface area contributed by atoms with Gasteiger partial charge < -0.3 is 0 Å². The second-order valence-corrected chi connectivity index (χ2v) is 8.84. The number of para-hydroxylation sites is 1. The van der Waals surface area contributed by atoms with Crippen LogP contribution in [0.25, 0.3) is 49.6 Å². The normalized spacial score (nSPS) is 13.5. The smallest absolute Gasteiger partial charge is 0.145 e. The van der Waals surface area contributed by atoms with E-state index in [2.05, 4.69) is 83.4 Å². The molecule has 2 aliphatic carbocycles. The number of nitrogens with zero attached hydrogens (tertiary/aromatic N) is 2. The van der Waals surface area contributed by atoms with Crippen LogP contribution < -0.4 is 0 Å². The summed E-state index contributed by atoms with van der Waals surface area (Å²) in [5.41, 5.74) is 13.6. The van der Waals surface area contributed by atoms with Crippen LogP contribution in [0.1, 0.15) is 22.3 Å². The molecular weight excluding hydrogens is 376 g/mol. The lowest BCUT2D eigenvalue weighted by Gasteiger charge is -2.13. The summed E-state index contributed by atoms with van der Waals surface area (Å²) < 4.78 is 2.25. The fourth-order valence-corrected chi connectivity index (χ4v) is 5.97. The van der Waals surface area contributed by atoms with Gasteiger partial charge in [0.1, 0.15) is 5.65 Å². The molecular formula is C29H18N2. The minimum atomic E-state index is 1.00. The molecule has 2 aromatic heterocycles. The van der Waals surface area contributed by atoms with E-state index in [0.717, 1.165) is 18.5 Å². The molecule has 144 valence electrons. The first-order valence-electron chi connectivity index (χ1n) is 10.9. The van der Waals surface area contributed by atoms with Gasteiger partial charge in [0.15, 0.2) is 0 Å². The molecule has 8 rings (SSSR count). The highest BCUT2D eigenvalue weighted by molar-refractivity contribution is 6.18. The number of hydrogen-bond donors (Lipinski definition) is 0. The fraction of sp³-hybridized carbons (Fsp3) is 0.0690. The summed E-state index contributed by atoms with van der Waals surface area (Å²) in [6.07, 6.45) is 6.07. The number of rotatable bonds is 0. The van der Waals surface area contributed by atoms with Crippen molar-refractivity contribution in [3.8, 4) is 22.3 Å². The Morgan fingerprint density at radius 2 is 1.48 bits per heavy atom. The van der Waals surface area contributed by atoms with E-state index in [-0.39, 0.29) is 0 Å². The number of pyridine rings is 1. The molecule has 6 aromatic rings. The molecule has 2 aliphatic rings. The topological polar surface area (TPSA) is 17.3 Å². The van der Waals surface area contributed by atoms with Crippen molar-refractivity contribution in [1.82, 2.24) is 9.38 Å². The predicted molar refractivity (Wildman–Crippen MR) is 127 cm³/mol. The van der Waals surface area contributed by atoms with Crippen LogP contribution in [0.4, 0.5) is 0 Å². The molecule has 0 unspecified atom stereocenters. The van der Waals surface area contributed by atoms with Crippen LogP contribution in [0.3, 0.4) is 0 Å². The van der Waals surface area contributed by atoms with E-state index in [9.17, 15) is 0 Å². The van der Waals surface area contributed by atoms with Crippen LogP contribution >= 0.6 is 0 Å². The SMILES string of the molecule is c1ccc2c(c1)Cc1cc3c(cc1-2)-c1c(ccc2c4ccccc4n4ccnc4c12)C3. The van der Waals surface area contributed by atoms with E-state index in [1.807, 2.05) is 6.20 Å². The lowest BCUT2D eigenvalue weighted by molar-refractivity contribution is 1.21. The van der Waals surface area contributed by atoms with Crippen molar-refractivity contribution in [2.24, 2.45) is 0 Å². The average molecular weight is 394 g/mol. The van der Waals surface area contributed by atoms with E-state index < -0.39 is 0 Å². The second kappa shape index (κ2) is 5.41. The highest BCUT2D eigenvalue weighted by Gasteiger charge is 2.27. The second-order valence-electron chi connectivity index (χ2n) is 8.84. The summed E-state index contributed by atoms with van der Waals surface area (Å²) in [5, 5.41) is 3.86. The number of imidazole rings is 1. The molecule has 2 nitrogen and oxygen atoms in total. The Hall–Kier alpha value is -3.91. The van der Waals surface area contributed by atoms with E-state index in [4.69, 9.17) is 4.98 Å². The van der Waals surface area contributed by atoms with Gasteiger partial charge in [-0.25, -0.2) is 4.98 Å². The molecule has 0 aliphatic heterocycles. The summed E-state index contributed by atoms with van der Waals surface area (Å²) >= 11 is 0. The molecule has 0 saturated heterocycles. The zero-order chi connectivity index (χ0) is 20.1. The van der Waals surface area contributed by atoms with Crippen LogP contribution in [-0.2, 0) is 12.8 Å². The van der Waals surface area contributed by atoms with Crippen molar-refractivity contribution >= 4 is 27.3 Å². The lowest BCUT2D eigenvalue weighted by atomic mass is 9.94.